The summed E-state index contributed by atoms with van der Waals surface area (Å²) < 4.78 is 7.38. The van der Waals surface area contributed by atoms with Crippen molar-refractivity contribution in [2.45, 2.75) is 13.8 Å². The zero-order valence-electron chi connectivity index (χ0n) is 11.2. The molecule has 0 spiro atoms. The van der Waals surface area contributed by atoms with Crippen molar-refractivity contribution in [1.29, 1.82) is 0 Å². The first kappa shape index (κ1) is 14.4. The minimum absolute atomic E-state index is 0.0713. The van der Waals surface area contributed by atoms with Crippen LogP contribution in [-0.2, 0) is 0 Å². The first-order chi connectivity index (χ1) is 9.51. The van der Waals surface area contributed by atoms with Crippen molar-refractivity contribution in [3.05, 3.63) is 34.1 Å². The highest BCUT2D eigenvalue weighted by atomic mass is 79.9. The average molecular weight is 339 g/mol. The number of phenolic OH excluding ortho intramolecular Hbond substituents is 1. The average Bonchev–Trinajstić information content (AvgIpc) is 2.71. The Morgan fingerprint density at radius 3 is 2.90 bits per heavy atom. The molecular weight excluding hydrogens is 324 g/mol. The van der Waals surface area contributed by atoms with Crippen molar-refractivity contribution < 1.29 is 9.84 Å². The lowest BCUT2D eigenvalue weighted by Crippen LogP contribution is -1.98. The molecule has 1 aromatic carbocycles. The molecule has 0 unspecified atom stereocenters. The van der Waals surface area contributed by atoms with E-state index in [1.165, 1.54) is 4.68 Å². The van der Waals surface area contributed by atoms with Crippen molar-refractivity contribution in [1.82, 2.24) is 9.66 Å². The summed E-state index contributed by atoms with van der Waals surface area (Å²) in [7, 11) is 0. The molecule has 0 atom stereocenters. The van der Waals surface area contributed by atoms with E-state index in [0.29, 0.717) is 22.8 Å². The van der Waals surface area contributed by atoms with Crippen LogP contribution in [0, 0.1) is 6.92 Å². The van der Waals surface area contributed by atoms with E-state index < -0.39 is 0 Å². The number of anilines is 1. The van der Waals surface area contributed by atoms with E-state index in [1.54, 1.807) is 24.5 Å². The maximum absolute atomic E-state index is 9.83. The van der Waals surface area contributed by atoms with Crippen LogP contribution in [-0.4, -0.2) is 27.6 Å². The Morgan fingerprint density at radius 1 is 1.55 bits per heavy atom. The molecule has 6 nitrogen and oxygen atoms in total. The number of rotatable bonds is 4. The van der Waals surface area contributed by atoms with Gasteiger partial charge < -0.3 is 15.6 Å². The van der Waals surface area contributed by atoms with Crippen molar-refractivity contribution in [2.24, 2.45) is 5.10 Å². The van der Waals surface area contributed by atoms with E-state index in [2.05, 4.69) is 26.0 Å². The van der Waals surface area contributed by atoms with Gasteiger partial charge in [0.25, 0.3) is 0 Å². The van der Waals surface area contributed by atoms with Crippen molar-refractivity contribution >= 4 is 28.1 Å². The maximum Gasteiger partial charge on any atom is 0.221 e. The largest absolute Gasteiger partial charge is 0.503 e. The van der Waals surface area contributed by atoms with Gasteiger partial charge in [0.2, 0.25) is 5.95 Å². The number of nitrogen functional groups attached to an aromatic ring is 1. The Balaban J connectivity index is 2.31. The van der Waals surface area contributed by atoms with E-state index in [4.69, 9.17) is 10.5 Å². The summed E-state index contributed by atoms with van der Waals surface area (Å²) >= 11 is 3.28. The van der Waals surface area contributed by atoms with E-state index in [9.17, 15) is 5.11 Å². The molecule has 3 N–H and O–H groups in total. The molecule has 2 rings (SSSR count). The number of nitrogens with zero attached hydrogens (tertiary/aromatic N) is 3. The van der Waals surface area contributed by atoms with Crippen LogP contribution in [0.25, 0.3) is 0 Å². The van der Waals surface area contributed by atoms with Crippen LogP contribution in [0.15, 0.2) is 27.9 Å². The number of phenols is 1. The number of imidazole rings is 1. The summed E-state index contributed by atoms with van der Waals surface area (Å²) in [5.74, 6) is 0.793. The lowest BCUT2D eigenvalue weighted by molar-refractivity contribution is 0.317. The molecule has 20 heavy (non-hydrogen) atoms. The number of benzene rings is 1. The third-order valence-corrected chi connectivity index (χ3v) is 3.12. The van der Waals surface area contributed by atoms with Crippen LogP contribution in [0.3, 0.4) is 0 Å². The summed E-state index contributed by atoms with van der Waals surface area (Å²) in [5.41, 5.74) is 7.26. The van der Waals surface area contributed by atoms with Gasteiger partial charge in [0, 0.05) is 0 Å². The topological polar surface area (TPSA) is 85.7 Å². The highest BCUT2D eigenvalue weighted by Gasteiger charge is 2.08. The molecule has 0 bridgehead atoms. The fourth-order valence-electron chi connectivity index (χ4n) is 1.66. The summed E-state index contributed by atoms with van der Waals surface area (Å²) in [5, 5.41) is 14.0. The molecule has 0 fully saturated rings. The Labute approximate surface area is 125 Å². The quantitative estimate of drug-likeness (QED) is 0.838. The van der Waals surface area contributed by atoms with Crippen LogP contribution >= 0.6 is 15.9 Å². The van der Waals surface area contributed by atoms with Crippen molar-refractivity contribution in [3.63, 3.8) is 0 Å². The lowest BCUT2D eigenvalue weighted by atomic mass is 10.2. The lowest BCUT2D eigenvalue weighted by Gasteiger charge is -2.08. The number of aromatic nitrogens is 2. The second-order valence-electron chi connectivity index (χ2n) is 4.11. The van der Waals surface area contributed by atoms with E-state index in [1.807, 2.05) is 13.8 Å². The summed E-state index contributed by atoms with van der Waals surface area (Å²) in [6.45, 7) is 4.16. The normalized spacial score (nSPS) is 11.2. The van der Waals surface area contributed by atoms with Gasteiger partial charge in [0.15, 0.2) is 11.5 Å². The highest BCUT2D eigenvalue weighted by Crippen LogP contribution is 2.35. The molecule has 0 saturated heterocycles. The predicted octanol–water partition coefficient (Wildman–Crippen LogP) is 2.52. The SMILES string of the molecule is CCOc1cc(C=Nn2cc(C)nc2N)cc(Br)c1O. The van der Waals surface area contributed by atoms with Gasteiger partial charge in [-0.25, -0.2) is 9.66 Å². The molecule has 2 aromatic rings. The zero-order valence-corrected chi connectivity index (χ0v) is 12.8. The van der Waals surface area contributed by atoms with Crippen LogP contribution in [0.5, 0.6) is 11.5 Å². The molecule has 0 saturated carbocycles. The number of ether oxygens (including phenoxy) is 1. The van der Waals surface area contributed by atoms with E-state index in [0.717, 1.165) is 11.3 Å². The highest BCUT2D eigenvalue weighted by molar-refractivity contribution is 9.10. The first-order valence-corrected chi connectivity index (χ1v) is 6.81. The minimum Gasteiger partial charge on any atom is -0.503 e. The molecule has 7 heteroatoms. The van der Waals surface area contributed by atoms with Crippen molar-refractivity contribution in [2.75, 3.05) is 12.3 Å². The summed E-state index contributed by atoms with van der Waals surface area (Å²) in [4.78, 5) is 4.06. The monoisotopic (exact) mass is 338 g/mol. The van der Waals surface area contributed by atoms with Crippen LogP contribution in [0.1, 0.15) is 18.2 Å². The molecular formula is C13H15BrN4O2. The van der Waals surface area contributed by atoms with Crippen molar-refractivity contribution in [3.8, 4) is 11.5 Å². The number of halogens is 1. The molecule has 106 valence electrons. The van der Waals surface area contributed by atoms with Gasteiger partial charge >= 0.3 is 0 Å². The third kappa shape index (κ3) is 3.11. The second kappa shape index (κ2) is 5.96. The molecule has 1 heterocycles. The molecule has 0 aliphatic heterocycles. The van der Waals surface area contributed by atoms with Gasteiger partial charge in [-0.05, 0) is 47.5 Å². The fourth-order valence-corrected chi connectivity index (χ4v) is 2.12. The summed E-state index contributed by atoms with van der Waals surface area (Å²) in [6, 6.07) is 3.44. The number of hydrogen-bond acceptors (Lipinski definition) is 5. The Morgan fingerprint density at radius 2 is 2.30 bits per heavy atom. The van der Waals surface area contributed by atoms with Crippen LogP contribution < -0.4 is 10.5 Å². The fraction of sp³-hybridized carbons (Fsp3) is 0.231. The minimum atomic E-state index is 0.0713. The molecule has 0 radical (unpaired) electrons. The maximum atomic E-state index is 9.83. The number of nitrogens with two attached hydrogens (primary N) is 1. The molecule has 0 aliphatic carbocycles. The Hall–Kier alpha value is -2.02. The molecule has 1 aromatic heterocycles. The van der Waals surface area contributed by atoms with Gasteiger partial charge in [-0.2, -0.15) is 5.10 Å². The number of aryl methyl sites for hydroxylation is 1. The second-order valence-corrected chi connectivity index (χ2v) is 4.97. The Bertz CT molecular complexity index is 652. The van der Waals surface area contributed by atoms with Crippen LogP contribution in [0.4, 0.5) is 5.95 Å². The van der Waals surface area contributed by atoms with E-state index >= 15 is 0 Å². The smallest absolute Gasteiger partial charge is 0.221 e. The third-order valence-electron chi connectivity index (χ3n) is 2.52. The predicted molar refractivity (Wildman–Crippen MR) is 81.3 cm³/mol. The first-order valence-electron chi connectivity index (χ1n) is 6.02. The number of hydrogen-bond donors (Lipinski definition) is 2. The zero-order chi connectivity index (χ0) is 14.7. The van der Waals surface area contributed by atoms with Gasteiger partial charge in [-0.15, -0.1) is 0 Å². The van der Waals surface area contributed by atoms with Gasteiger partial charge in [-0.1, -0.05) is 0 Å². The van der Waals surface area contributed by atoms with Gasteiger partial charge in [0.1, 0.15) is 0 Å². The van der Waals surface area contributed by atoms with Gasteiger partial charge in [-0.3, -0.25) is 0 Å². The van der Waals surface area contributed by atoms with Gasteiger partial charge in [0.05, 0.1) is 29.2 Å². The standard InChI is InChI=1S/C13H15BrN4O2/c1-3-20-11-5-9(4-10(14)12(11)19)6-16-18-7-8(2)17-13(18)15/h4-7,19H,3H2,1-2H3,(H2,15,17). The van der Waals surface area contributed by atoms with Crippen LogP contribution in [0.2, 0.25) is 0 Å². The molecule has 0 aliphatic rings. The summed E-state index contributed by atoms with van der Waals surface area (Å²) in [6.07, 6.45) is 3.34. The number of aromatic hydroxyl groups is 1. The Kier molecular flexibility index (Phi) is 4.29. The van der Waals surface area contributed by atoms with E-state index in [-0.39, 0.29) is 5.75 Å². The molecule has 0 amide bonds.